The summed E-state index contributed by atoms with van der Waals surface area (Å²) in [4.78, 5) is 36.6. The van der Waals surface area contributed by atoms with Crippen LogP contribution in [0.2, 0.25) is 0 Å². The van der Waals surface area contributed by atoms with Gasteiger partial charge in [-0.15, -0.1) is 0 Å². The van der Waals surface area contributed by atoms with E-state index < -0.39 is 32.5 Å². The van der Waals surface area contributed by atoms with Crippen molar-refractivity contribution >= 4 is 19.8 Å². The minimum absolute atomic E-state index is 0.0338. The second-order valence-corrected chi connectivity index (χ2v) is 13.2. The molecule has 0 aliphatic carbocycles. The van der Waals surface area contributed by atoms with Crippen molar-refractivity contribution in [2.24, 2.45) is 0 Å². The van der Waals surface area contributed by atoms with Crippen molar-refractivity contribution in [3.8, 4) is 0 Å². The first-order chi connectivity index (χ1) is 20.0. The molecule has 0 aliphatic heterocycles. The third-order valence-corrected chi connectivity index (χ3v) is 7.44. The number of likely N-dealkylation sites (N-methyl/N-ethyl adjacent to an activating group) is 1. The quantitative estimate of drug-likeness (QED) is 0.0302. The molecule has 0 N–H and O–H groups in total. The van der Waals surface area contributed by atoms with Crippen molar-refractivity contribution in [2.45, 2.75) is 123 Å². The molecule has 0 aromatic heterocycles. The molecule has 0 fully saturated rings. The van der Waals surface area contributed by atoms with Gasteiger partial charge >= 0.3 is 11.9 Å². The number of phosphoric acid groups is 1. The highest BCUT2D eigenvalue weighted by atomic mass is 31.2. The molecule has 0 saturated carbocycles. The third kappa shape index (κ3) is 28.6. The molecule has 0 spiro atoms. The van der Waals surface area contributed by atoms with E-state index in [1.165, 1.54) is 25.7 Å². The first-order valence-electron chi connectivity index (χ1n) is 16.0. The zero-order valence-electron chi connectivity index (χ0n) is 27.2. The maximum atomic E-state index is 12.4. The molecule has 246 valence electrons. The van der Waals surface area contributed by atoms with E-state index in [2.05, 4.69) is 31.2 Å². The van der Waals surface area contributed by atoms with Crippen molar-refractivity contribution in [3.63, 3.8) is 0 Å². The highest BCUT2D eigenvalue weighted by Crippen LogP contribution is 2.38. The Hall–Kier alpha value is -1.51. The van der Waals surface area contributed by atoms with Crippen LogP contribution < -0.4 is 4.89 Å². The third-order valence-electron chi connectivity index (χ3n) is 6.47. The van der Waals surface area contributed by atoms with E-state index in [9.17, 15) is 19.0 Å². The van der Waals surface area contributed by atoms with Crippen LogP contribution in [-0.2, 0) is 32.7 Å². The van der Waals surface area contributed by atoms with Crippen molar-refractivity contribution in [1.29, 1.82) is 0 Å². The lowest BCUT2D eigenvalue weighted by atomic mass is 10.1. The van der Waals surface area contributed by atoms with Crippen molar-refractivity contribution < 1.29 is 42.1 Å². The summed E-state index contributed by atoms with van der Waals surface area (Å²) in [5.74, 6) is -0.884. The Labute approximate surface area is 256 Å². The normalized spacial score (nSPS) is 14.3. The molecule has 42 heavy (non-hydrogen) atoms. The number of ether oxygens (including phenoxy) is 2. The zero-order valence-corrected chi connectivity index (χ0v) is 28.1. The van der Waals surface area contributed by atoms with Crippen molar-refractivity contribution in [1.82, 2.24) is 0 Å². The summed E-state index contributed by atoms with van der Waals surface area (Å²) in [6.45, 7) is 3.96. The van der Waals surface area contributed by atoms with Crippen LogP contribution in [0.3, 0.4) is 0 Å². The fourth-order valence-corrected chi connectivity index (χ4v) is 4.59. The van der Waals surface area contributed by atoms with Gasteiger partial charge in [0.05, 0.1) is 27.7 Å². The number of esters is 2. The van der Waals surface area contributed by atoms with Gasteiger partial charge in [-0.25, -0.2) is 0 Å². The van der Waals surface area contributed by atoms with Gasteiger partial charge in [-0.2, -0.15) is 0 Å². The molecule has 0 rings (SSSR count). The average Bonchev–Trinajstić information content (AvgIpc) is 2.91. The Kier molecular flexibility index (Phi) is 25.0. The second kappa shape index (κ2) is 25.9. The summed E-state index contributed by atoms with van der Waals surface area (Å²) in [6, 6.07) is 0. The van der Waals surface area contributed by atoms with E-state index in [-0.39, 0.29) is 26.1 Å². The first kappa shape index (κ1) is 40.5. The molecule has 0 amide bonds. The Bertz CT molecular complexity index is 794. The molecule has 10 heteroatoms. The Balaban J connectivity index is 4.37. The van der Waals surface area contributed by atoms with Crippen molar-refractivity contribution in [3.05, 3.63) is 24.3 Å². The number of hydrogen-bond acceptors (Lipinski definition) is 8. The smallest absolute Gasteiger partial charge is 0.306 e. The number of quaternary nitrogens is 1. The number of rotatable bonds is 28. The molecule has 2 atom stereocenters. The number of carbonyl (C=O) groups excluding carboxylic acids is 2. The van der Waals surface area contributed by atoms with E-state index >= 15 is 0 Å². The summed E-state index contributed by atoms with van der Waals surface area (Å²) >= 11 is 0. The number of allylic oxidation sites excluding steroid dienone is 4. The summed E-state index contributed by atoms with van der Waals surface area (Å²) in [7, 11) is 1.15. The summed E-state index contributed by atoms with van der Waals surface area (Å²) in [6.07, 6.45) is 22.9. The predicted molar refractivity (Wildman–Crippen MR) is 167 cm³/mol. The number of phosphoric ester groups is 1. The lowest BCUT2D eigenvalue weighted by Crippen LogP contribution is -2.37. The maximum Gasteiger partial charge on any atom is 0.306 e. The Morgan fingerprint density at radius 1 is 0.738 bits per heavy atom. The van der Waals surface area contributed by atoms with Gasteiger partial charge in [-0.1, -0.05) is 83.1 Å². The summed E-state index contributed by atoms with van der Waals surface area (Å²) < 4.78 is 33.2. The van der Waals surface area contributed by atoms with Crippen LogP contribution in [0, 0.1) is 0 Å². The molecule has 9 nitrogen and oxygen atoms in total. The van der Waals surface area contributed by atoms with Crippen LogP contribution in [0.4, 0.5) is 0 Å². The SMILES string of the molecule is CCCCC/C=C\C/C=C\CCCCCCCC(=O)O[C@H](COC(=O)CCCCC)COP(=O)([O-])OCC[N+](C)(C)C. The van der Waals surface area contributed by atoms with Gasteiger partial charge < -0.3 is 27.9 Å². The minimum atomic E-state index is -4.60. The molecule has 0 heterocycles. The van der Waals surface area contributed by atoms with Crippen LogP contribution in [0.5, 0.6) is 0 Å². The maximum absolute atomic E-state index is 12.4. The van der Waals surface area contributed by atoms with E-state index in [0.29, 0.717) is 23.9 Å². The average molecular weight is 618 g/mol. The van der Waals surface area contributed by atoms with Crippen LogP contribution >= 0.6 is 7.82 Å². The minimum Gasteiger partial charge on any atom is -0.756 e. The summed E-state index contributed by atoms with van der Waals surface area (Å²) in [5, 5.41) is 0. The van der Waals surface area contributed by atoms with Crippen LogP contribution in [0.25, 0.3) is 0 Å². The molecule has 0 aromatic rings. The van der Waals surface area contributed by atoms with Crippen molar-refractivity contribution in [2.75, 3.05) is 47.5 Å². The molecular formula is C32H60NO8P. The standard InChI is InChI=1S/C32H60NO8P/c1-6-8-10-11-12-13-14-15-16-17-18-19-20-21-23-25-32(35)41-30(28-38-31(34)24-22-9-7-2)29-40-42(36,37)39-27-26-33(3,4)5/h12-13,15-16,30H,6-11,14,17-29H2,1-5H3/b13-12-,16-15-/t30-/m1/s1. The van der Waals surface area contributed by atoms with Gasteiger partial charge in [0.1, 0.15) is 19.8 Å². The monoisotopic (exact) mass is 617 g/mol. The lowest BCUT2D eigenvalue weighted by molar-refractivity contribution is -0.870. The van der Waals surface area contributed by atoms with Crippen LogP contribution in [0.15, 0.2) is 24.3 Å². The molecule has 1 unspecified atom stereocenters. The Morgan fingerprint density at radius 3 is 1.93 bits per heavy atom. The fraction of sp³-hybridized carbons (Fsp3) is 0.812. The molecule has 0 saturated heterocycles. The number of hydrogen-bond donors (Lipinski definition) is 0. The highest BCUT2D eigenvalue weighted by molar-refractivity contribution is 7.45. The van der Waals surface area contributed by atoms with E-state index in [0.717, 1.165) is 51.4 Å². The van der Waals surface area contributed by atoms with E-state index in [1.807, 2.05) is 28.1 Å². The topological polar surface area (TPSA) is 111 Å². The van der Waals surface area contributed by atoms with Crippen LogP contribution in [0.1, 0.15) is 117 Å². The molecule has 0 aromatic carbocycles. The van der Waals surface area contributed by atoms with E-state index in [4.69, 9.17) is 18.5 Å². The first-order valence-corrected chi connectivity index (χ1v) is 17.5. The van der Waals surface area contributed by atoms with Gasteiger partial charge in [0.25, 0.3) is 7.82 Å². The fourth-order valence-electron chi connectivity index (χ4n) is 3.86. The number of nitrogens with zero attached hydrogens (tertiary/aromatic N) is 1. The van der Waals surface area contributed by atoms with Gasteiger partial charge in [0.15, 0.2) is 6.10 Å². The molecular weight excluding hydrogens is 557 g/mol. The molecule has 0 aliphatic rings. The van der Waals surface area contributed by atoms with Gasteiger partial charge in [-0.05, 0) is 44.9 Å². The van der Waals surface area contributed by atoms with Gasteiger partial charge in [0, 0.05) is 12.8 Å². The largest absolute Gasteiger partial charge is 0.756 e. The molecule has 0 radical (unpaired) electrons. The molecule has 0 bridgehead atoms. The Morgan fingerprint density at radius 2 is 1.29 bits per heavy atom. The summed E-state index contributed by atoms with van der Waals surface area (Å²) in [5.41, 5.74) is 0. The highest BCUT2D eigenvalue weighted by Gasteiger charge is 2.21. The zero-order chi connectivity index (χ0) is 31.5. The van der Waals surface area contributed by atoms with Gasteiger partial charge in [0.2, 0.25) is 0 Å². The van der Waals surface area contributed by atoms with Crippen LogP contribution in [-0.4, -0.2) is 70.0 Å². The van der Waals surface area contributed by atoms with E-state index in [1.54, 1.807) is 0 Å². The predicted octanol–water partition coefficient (Wildman–Crippen LogP) is 7.04. The lowest BCUT2D eigenvalue weighted by Gasteiger charge is -2.28. The van der Waals surface area contributed by atoms with Gasteiger partial charge in [-0.3, -0.25) is 14.2 Å². The number of carbonyl (C=O) groups is 2. The second-order valence-electron chi connectivity index (χ2n) is 11.8. The number of unbranched alkanes of at least 4 members (excludes halogenated alkanes) is 10.